The number of allylic oxidation sites excluding steroid dienone is 2. The van der Waals surface area contributed by atoms with Gasteiger partial charge in [0.25, 0.3) is 0 Å². The fraction of sp³-hybridized carbons (Fsp3) is 0.174. The van der Waals surface area contributed by atoms with Gasteiger partial charge < -0.3 is 28.9 Å². The third-order valence-corrected chi connectivity index (χ3v) is 4.38. The van der Waals surface area contributed by atoms with E-state index in [1.807, 2.05) is 0 Å². The van der Waals surface area contributed by atoms with Gasteiger partial charge in [-0.1, -0.05) is 48.6 Å². The molecule has 0 atom stereocenters. The van der Waals surface area contributed by atoms with Crippen LogP contribution in [0.3, 0.4) is 0 Å². The lowest BCUT2D eigenvalue weighted by Gasteiger charge is -2.11. The zero-order valence-corrected chi connectivity index (χ0v) is 17.7. The Morgan fingerprint density at radius 1 is 0.885 bits per heavy atom. The molecule has 1 aromatic heterocycles. The second kappa shape index (κ2) is 9.53. The maximum Gasteiger partial charge on any atom is 0.213 e. The molecule has 1 heterocycles. The van der Waals surface area contributed by atoms with Crippen molar-refractivity contribution in [3.05, 3.63) is 84.1 Å². The summed E-state index contributed by atoms with van der Waals surface area (Å²) in [6, 6.07) is 19.3. The number of halogens is 1. The van der Waals surface area contributed by atoms with Gasteiger partial charge in [0, 0.05) is 31.9 Å². The normalized spacial score (nSPS) is 11.2. The van der Waals surface area contributed by atoms with Gasteiger partial charge in [-0.3, -0.25) is 0 Å². The van der Waals surface area contributed by atoms with E-state index in [4.69, 9.17) is 0 Å². The molecule has 0 fully saturated rings. The summed E-state index contributed by atoms with van der Waals surface area (Å²) in [7, 11) is 4.11. The molecule has 0 N–H and O–H groups in total. The second-order valence-electron chi connectivity index (χ2n) is 6.28. The molecule has 26 heavy (non-hydrogen) atoms. The first-order chi connectivity index (χ1) is 12.2. The third kappa shape index (κ3) is 4.73. The molecule has 0 saturated heterocycles. The highest BCUT2D eigenvalue weighted by Crippen LogP contribution is 2.17. The predicted molar refractivity (Wildman–Crippen MR) is 109 cm³/mol. The van der Waals surface area contributed by atoms with Crippen molar-refractivity contribution in [3.8, 4) is 0 Å². The average Bonchev–Trinajstić information content (AvgIpc) is 2.65. The summed E-state index contributed by atoms with van der Waals surface area (Å²) < 4.78 is 2.27. The monoisotopic (exact) mass is 456 g/mol. The maximum absolute atomic E-state index is 2.27. The number of anilines is 1. The summed E-state index contributed by atoms with van der Waals surface area (Å²) in [6.07, 6.45) is 10.7. The first-order valence-electron chi connectivity index (χ1n) is 8.72. The first kappa shape index (κ1) is 20.2. The lowest BCUT2D eigenvalue weighted by Crippen LogP contribution is -3.00. The quantitative estimate of drug-likeness (QED) is 0.324. The Hall–Kier alpha value is -2.14. The predicted octanol–water partition coefficient (Wildman–Crippen LogP) is 1.94. The first-order valence-corrected chi connectivity index (χ1v) is 8.72. The zero-order chi connectivity index (χ0) is 17.6. The van der Waals surface area contributed by atoms with Gasteiger partial charge in [-0.15, -0.1) is 0 Å². The minimum absolute atomic E-state index is 0. The van der Waals surface area contributed by atoms with E-state index in [0.717, 1.165) is 6.54 Å². The summed E-state index contributed by atoms with van der Waals surface area (Å²) in [6.45, 7) is 3.15. The highest BCUT2D eigenvalue weighted by molar-refractivity contribution is 5.85. The van der Waals surface area contributed by atoms with Crippen LogP contribution in [0.5, 0.6) is 0 Å². The van der Waals surface area contributed by atoms with Gasteiger partial charge in [0.1, 0.15) is 6.54 Å². The van der Waals surface area contributed by atoms with Crippen LogP contribution in [0.4, 0.5) is 5.69 Å². The number of rotatable bonds is 5. The molecule has 0 aliphatic heterocycles. The number of hydrogen-bond acceptors (Lipinski definition) is 1. The molecule has 3 heteroatoms. The smallest absolute Gasteiger partial charge is 0.213 e. The van der Waals surface area contributed by atoms with Crippen molar-refractivity contribution < 1.29 is 28.5 Å². The fourth-order valence-electron chi connectivity index (χ4n) is 2.94. The Bertz CT molecular complexity index is 909. The van der Waals surface area contributed by atoms with E-state index in [1.165, 1.54) is 27.7 Å². The number of aryl methyl sites for hydroxylation is 1. The Morgan fingerprint density at radius 3 is 2.27 bits per heavy atom. The minimum atomic E-state index is 0. The molecule has 0 spiro atoms. The Morgan fingerprint density at radius 2 is 1.58 bits per heavy atom. The van der Waals surface area contributed by atoms with E-state index >= 15 is 0 Å². The van der Waals surface area contributed by atoms with Crippen LogP contribution in [-0.4, -0.2) is 14.1 Å². The molecule has 3 aromatic rings. The van der Waals surface area contributed by atoms with Crippen LogP contribution < -0.4 is 33.4 Å². The number of para-hydroxylation sites is 1. The molecule has 2 nitrogen and oxygen atoms in total. The minimum Gasteiger partial charge on any atom is -1.00 e. The number of hydrogen-bond donors (Lipinski definition) is 0. The molecule has 3 rings (SSSR count). The largest absolute Gasteiger partial charge is 1.00 e. The fourth-order valence-corrected chi connectivity index (χ4v) is 2.94. The van der Waals surface area contributed by atoms with Crippen LogP contribution in [0.25, 0.3) is 23.1 Å². The SMILES string of the molecule is CC[n+]1ccc(C=CC=Cc2ccc(N(C)C)cc2)c2ccccc21.[I-]. The van der Waals surface area contributed by atoms with Crippen molar-refractivity contribution >= 4 is 28.7 Å². The van der Waals surface area contributed by atoms with E-state index in [-0.39, 0.29) is 24.0 Å². The van der Waals surface area contributed by atoms with Crippen LogP contribution in [0.1, 0.15) is 18.1 Å². The molecule has 134 valence electrons. The summed E-state index contributed by atoms with van der Waals surface area (Å²) in [5, 5.41) is 1.28. The lowest BCUT2D eigenvalue weighted by atomic mass is 10.1. The number of pyridine rings is 1. The van der Waals surface area contributed by atoms with Gasteiger partial charge in [-0.25, -0.2) is 0 Å². The number of benzene rings is 2. The molecule has 0 unspecified atom stereocenters. The van der Waals surface area contributed by atoms with Crippen molar-refractivity contribution in [3.63, 3.8) is 0 Å². The lowest BCUT2D eigenvalue weighted by molar-refractivity contribution is -0.667. The molecule has 0 radical (unpaired) electrons. The van der Waals surface area contributed by atoms with Crippen molar-refractivity contribution in [1.29, 1.82) is 0 Å². The van der Waals surface area contributed by atoms with E-state index in [0.29, 0.717) is 0 Å². The highest BCUT2D eigenvalue weighted by Gasteiger charge is 2.08. The molecule has 2 aromatic carbocycles. The summed E-state index contributed by atoms with van der Waals surface area (Å²) >= 11 is 0. The Kier molecular flexibility index (Phi) is 7.39. The van der Waals surface area contributed by atoms with E-state index in [2.05, 4.69) is 116 Å². The molecule has 0 amide bonds. The van der Waals surface area contributed by atoms with Gasteiger partial charge in [-0.05, 0) is 36.2 Å². The molecule has 0 aliphatic rings. The summed E-state index contributed by atoms with van der Waals surface area (Å²) in [5.41, 5.74) is 4.94. The van der Waals surface area contributed by atoms with Crippen molar-refractivity contribution in [2.45, 2.75) is 13.5 Å². The van der Waals surface area contributed by atoms with Crippen molar-refractivity contribution in [1.82, 2.24) is 0 Å². The number of nitrogens with zero attached hydrogens (tertiary/aromatic N) is 2. The van der Waals surface area contributed by atoms with Crippen molar-refractivity contribution in [2.75, 3.05) is 19.0 Å². The Labute approximate surface area is 173 Å². The zero-order valence-electron chi connectivity index (χ0n) is 15.6. The molecule has 0 bridgehead atoms. The van der Waals surface area contributed by atoms with Gasteiger partial charge >= 0.3 is 0 Å². The maximum atomic E-state index is 2.27. The number of aromatic nitrogens is 1. The average molecular weight is 456 g/mol. The van der Waals surface area contributed by atoms with Crippen molar-refractivity contribution in [2.24, 2.45) is 0 Å². The second-order valence-corrected chi connectivity index (χ2v) is 6.28. The van der Waals surface area contributed by atoms with Crippen LogP contribution >= 0.6 is 0 Å². The van der Waals surface area contributed by atoms with Gasteiger partial charge in [0.2, 0.25) is 5.52 Å². The van der Waals surface area contributed by atoms with Crippen LogP contribution in [-0.2, 0) is 6.54 Å². The topological polar surface area (TPSA) is 7.12 Å². The molecule has 0 aliphatic carbocycles. The van der Waals surface area contributed by atoms with E-state index in [1.54, 1.807) is 0 Å². The molecular formula is C23H25IN2. The summed E-state index contributed by atoms with van der Waals surface area (Å²) in [4.78, 5) is 2.11. The van der Waals surface area contributed by atoms with Crippen LogP contribution in [0.15, 0.2) is 72.9 Å². The van der Waals surface area contributed by atoms with Gasteiger partial charge in [0.05, 0.1) is 5.39 Å². The number of fused-ring (bicyclic) bond motifs is 1. The molecular weight excluding hydrogens is 431 g/mol. The Balaban J connectivity index is 0.00000243. The summed E-state index contributed by atoms with van der Waals surface area (Å²) in [5.74, 6) is 0. The van der Waals surface area contributed by atoms with Gasteiger partial charge in [-0.2, -0.15) is 4.57 Å². The van der Waals surface area contributed by atoms with E-state index < -0.39 is 0 Å². The van der Waals surface area contributed by atoms with Crippen LogP contribution in [0, 0.1) is 0 Å². The van der Waals surface area contributed by atoms with Crippen LogP contribution in [0.2, 0.25) is 0 Å². The van der Waals surface area contributed by atoms with Gasteiger partial charge in [0.15, 0.2) is 6.20 Å². The third-order valence-electron chi connectivity index (χ3n) is 4.38. The standard InChI is InChI=1S/C23H25N2.HI/c1-4-25-18-17-20(22-11-7-8-12-23(22)25)10-6-5-9-19-13-15-21(16-14-19)24(2)3;/h5-18H,4H2,1-3H3;1H/q+1;/p-1. The highest BCUT2D eigenvalue weighted by atomic mass is 127. The molecule has 0 saturated carbocycles. The van der Waals surface area contributed by atoms with E-state index in [9.17, 15) is 0 Å².